The molecule has 8 heteroatoms. The average molecular weight is 704 g/mol. The van der Waals surface area contributed by atoms with Gasteiger partial charge in [-0.15, -0.1) is 0 Å². The van der Waals surface area contributed by atoms with E-state index in [4.69, 9.17) is 18.9 Å². The van der Waals surface area contributed by atoms with E-state index < -0.39 is 0 Å². The molecule has 7 rings (SSSR count). The first kappa shape index (κ1) is 37.1. The number of hydrogen-bond donors (Lipinski definition) is 1. The molecule has 1 amide bonds. The van der Waals surface area contributed by atoms with Gasteiger partial charge in [-0.25, -0.2) is 0 Å². The second-order valence-corrected chi connectivity index (χ2v) is 13.6. The molecule has 0 bridgehead atoms. The predicted molar refractivity (Wildman–Crippen MR) is 210 cm³/mol. The molecule has 3 aliphatic heterocycles. The van der Waals surface area contributed by atoms with Crippen LogP contribution in [0.1, 0.15) is 55.7 Å². The minimum absolute atomic E-state index is 0.0746. The van der Waals surface area contributed by atoms with Crippen molar-refractivity contribution in [2.75, 3.05) is 64.0 Å². The van der Waals surface area contributed by atoms with Gasteiger partial charge in [0.2, 0.25) is 0 Å². The molecule has 3 aliphatic rings. The minimum Gasteiger partial charge on any atom is -0.497 e. The normalized spacial score (nSPS) is 15.9. The molecule has 4 aromatic carbocycles. The first-order valence-electron chi connectivity index (χ1n) is 18.7. The largest absolute Gasteiger partial charge is 0.497 e. The van der Waals surface area contributed by atoms with E-state index in [1.54, 1.807) is 7.11 Å². The first-order valence-corrected chi connectivity index (χ1v) is 18.7. The molecule has 2 fully saturated rings. The van der Waals surface area contributed by atoms with Crippen LogP contribution in [0, 0.1) is 0 Å². The standard InChI is InChI=1S/C40H45N3O4.C4H8O/c1-4-47-39-8-6-5-7-37(39)31-13-18-38-33(25-31)26-32(19-22-43(38)28-30-11-16-36(45-3)17-12-30)40(44)41-34-14-9-29(10-15-34)27-42(2)35-20-23-46-24-21-35;1-2-4-5-3-1/h5-18,25-26,35H,4,19-24,27-28H2,1-3H3,(H,41,44);1-4H2. The Morgan fingerprint density at radius 3 is 2.29 bits per heavy atom. The van der Waals surface area contributed by atoms with Crippen molar-refractivity contribution >= 4 is 23.4 Å². The van der Waals surface area contributed by atoms with Gasteiger partial charge in [-0.3, -0.25) is 9.69 Å². The van der Waals surface area contributed by atoms with Crippen molar-refractivity contribution in [2.24, 2.45) is 0 Å². The van der Waals surface area contributed by atoms with Crippen LogP contribution in [0.15, 0.2) is 96.6 Å². The molecule has 0 saturated carbocycles. The maximum absolute atomic E-state index is 13.8. The number of fused-ring (bicyclic) bond motifs is 1. The first-order chi connectivity index (χ1) is 25.5. The van der Waals surface area contributed by atoms with Crippen molar-refractivity contribution in [3.63, 3.8) is 0 Å². The predicted octanol–water partition coefficient (Wildman–Crippen LogP) is 8.60. The van der Waals surface area contributed by atoms with Crippen molar-refractivity contribution in [2.45, 2.75) is 58.2 Å². The zero-order valence-corrected chi connectivity index (χ0v) is 30.9. The number of anilines is 2. The highest BCUT2D eigenvalue weighted by molar-refractivity contribution is 6.07. The van der Waals surface area contributed by atoms with Crippen LogP contribution in [0.2, 0.25) is 0 Å². The third kappa shape index (κ3) is 10.0. The van der Waals surface area contributed by atoms with Gasteiger partial charge >= 0.3 is 0 Å². The van der Waals surface area contributed by atoms with Crippen LogP contribution in [0.3, 0.4) is 0 Å². The number of nitrogens with one attached hydrogen (secondary N) is 1. The quantitative estimate of drug-likeness (QED) is 0.168. The number of carbonyl (C=O) groups is 1. The smallest absolute Gasteiger partial charge is 0.251 e. The molecule has 8 nitrogen and oxygen atoms in total. The fraction of sp³-hybridized carbons (Fsp3) is 0.386. The SMILES string of the molecule is C1CCOC1.CCOc1ccccc1-c1ccc2c(c1)C=C(C(=O)Nc1ccc(CN(C)C3CCOCC3)cc1)CCN2Cc1ccc(OC)cc1. The maximum atomic E-state index is 13.8. The van der Waals surface area contributed by atoms with Crippen molar-refractivity contribution in [3.8, 4) is 22.6 Å². The van der Waals surface area contributed by atoms with Crippen molar-refractivity contribution < 1.29 is 23.7 Å². The lowest BCUT2D eigenvalue weighted by Gasteiger charge is -2.31. The molecule has 0 radical (unpaired) electrons. The van der Waals surface area contributed by atoms with Crippen LogP contribution in [-0.4, -0.2) is 70.6 Å². The molecule has 0 aliphatic carbocycles. The summed E-state index contributed by atoms with van der Waals surface area (Å²) in [6.07, 6.45) is 7.38. The van der Waals surface area contributed by atoms with E-state index in [2.05, 4.69) is 76.8 Å². The third-order valence-electron chi connectivity index (χ3n) is 9.96. The van der Waals surface area contributed by atoms with Crippen molar-refractivity contribution in [3.05, 3.63) is 113 Å². The summed E-state index contributed by atoms with van der Waals surface area (Å²) in [4.78, 5) is 18.5. The summed E-state index contributed by atoms with van der Waals surface area (Å²) in [5.41, 5.74) is 8.15. The molecule has 4 aromatic rings. The van der Waals surface area contributed by atoms with Gasteiger partial charge in [0.25, 0.3) is 5.91 Å². The summed E-state index contributed by atoms with van der Waals surface area (Å²) < 4.78 is 21.8. The Bertz CT molecular complexity index is 1750. The van der Waals surface area contributed by atoms with E-state index in [9.17, 15) is 4.79 Å². The van der Waals surface area contributed by atoms with Gasteiger partial charge in [0.15, 0.2) is 0 Å². The number of hydrogen-bond acceptors (Lipinski definition) is 7. The van der Waals surface area contributed by atoms with Crippen LogP contribution < -0.4 is 19.7 Å². The topological polar surface area (TPSA) is 72.5 Å². The Kier molecular flexibility index (Phi) is 13.4. The number of amides is 1. The number of methoxy groups -OCH3 is 1. The monoisotopic (exact) mass is 703 g/mol. The summed E-state index contributed by atoms with van der Waals surface area (Å²) in [6, 6.07) is 31.6. The lowest BCUT2D eigenvalue weighted by molar-refractivity contribution is -0.112. The fourth-order valence-electron chi connectivity index (χ4n) is 7.00. The highest BCUT2D eigenvalue weighted by Crippen LogP contribution is 2.37. The minimum atomic E-state index is -0.0746. The van der Waals surface area contributed by atoms with Gasteiger partial charge in [0.1, 0.15) is 11.5 Å². The Labute approximate surface area is 309 Å². The zero-order chi connectivity index (χ0) is 36.1. The molecule has 3 heterocycles. The van der Waals surface area contributed by atoms with Gasteiger partial charge in [0.05, 0.1) is 13.7 Å². The Morgan fingerprint density at radius 1 is 0.885 bits per heavy atom. The van der Waals surface area contributed by atoms with E-state index >= 15 is 0 Å². The molecule has 0 aromatic heterocycles. The summed E-state index contributed by atoms with van der Waals surface area (Å²) in [6.45, 7) is 8.57. The van der Waals surface area contributed by atoms with E-state index in [0.29, 0.717) is 25.6 Å². The molecule has 0 spiro atoms. The molecular formula is C44H53N3O5. The van der Waals surface area contributed by atoms with Crippen molar-refractivity contribution in [1.82, 2.24) is 4.90 Å². The molecule has 0 atom stereocenters. The second-order valence-electron chi connectivity index (χ2n) is 13.6. The number of rotatable bonds is 11. The average Bonchev–Trinajstić information content (AvgIpc) is 3.73. The lowest BCUT2D eigenvalue weighted by Crippen LogP contribution is -2.36. The van der Waals surface area contributed by atoms with E-state index in [1.807, 2.05) is 49.4 Å². The van der Waals surface area contributed by atoms with Crippen molar-refractivity contribution in [1.29, 1.82) is 0 Å². The molecule has 52 heavy (non-hydrogen) atoms. The van der Waals surface area contributed by atoms with E-state index in [-0.39, 0.29) is 5.91 Å². The van der Waals surface area contributed by atoms with Gasteiger partial charge < -0.3 is 29.2 Å². The summed E-state index contributed by atoms with van der Waals surface area (Å²) in [7, 11) is 3.86. The summed E-state index contributed by atoms with van der Waals surface area (Å²) >= 11 is 0. The van der Waals surface area contributed by atoms with Gasteiger partial charge in [-0.2, -0.15) is 0 Å². The third-order valence-corrected chi connectivity index (χ3v) is 9.96. The molecule has 274 valence electrons. The Hall–Kier alpha value is -4.63. The van der Waals surface area contributed by atoms with Crippen LogP contribution >= 0.6 is 0 Å². The van der Waals surface area contributed by atoms with Gasteiger partial charge in [0, 0.05) is 74.6 Å². The Balaban J connectivity index is 0.000000856. The fourth-order valence-corrected chi connectivity index (χ4v) is 7.00. The lowest BCUT2D eigenvalue weighted by atomic mass is 9.99. The summed E-state index contributed by atoms with van der Waals surface area (Å²) in [5.74, 6) is 1.61. The number of carbonyl (C=O) groups excluding carboxylic acids is 1. The number of nitrogens with zero attached hydrogens (tertiary/aromatic N) is 2. The maximum Gasteiger partial charge on any atom is 0.251 e. The molecule has 0 unspecified atom stereocenters. The molecule has 1 N–H and O–H groups in total. The van der Waals surface area contributed by atoms with Crippen LogP contribution in [-0.2, 0) is 27.4 Å². The number of para-hydroxylation sites is 1. The highest BCUT2D eigenvalue weighted by Gasteiger charge is 2.22. The highest BCUT2D eigenvalue weighted by atomic mass is 16.5. The number of ether oxygens (including phenoxy) is 4. The zero-order valence-electron chi connectivity index (χ0n) is 30.9. The van der Waals surface area contributed by atoms with E-state index in [0.717, 1.165) is 97.5 Å². The molecule has 2 saturated heterocycles. The van der Waals surface area contributed by atoms with E-state index in [1.165, 1.54) is 24.0 Å². The number of benzene rings is 4. The summed E-state index contributed by atoms with van der Waals surface area (Å²) in [5, 5.41) is 3.17. The Morgan fingerprint density at radius 2 is 1.60 bits per heavy atom. The van der Waals surface area contributed by atoms with Crippen LogP contribution in [0.25, 0.3) is 17.2 Å². The molecular weight excluding hydrogens is 650 g/mol. The van der Waals surface area contributed by atoms with Gasteiger partial charge in [-0.05, 0) is 117 Å². The van der Waals surface area contributed by atoms with Gasteiger partial charge in [-0.1, -0.05) is 48.5 Å². The van der Waals surface area contributed by atoms with Crippen LogP contribution in [0.4, 0.5) is 11.4 Å². The second kappa shape index (κ2) is 18.7. The van der Waals surface area contributed by atoms with Crippen LogP contribution in [0.5, 0.6) is 11.5 Å².